The van der Waals surface area contributed by atoms with Gasteiger partial charge >= 0.3 is 0 Å². The largest absolute Gasteiger partial charge is 0.321 e. The second kappa shape index (κ2) is 3.55. The minimum Gasteiger partial charge on any atom is -0.321 e. The molecule has 0 aliphatic rings. The first-order valence-electron chi connectivity index (χ1n) is 5.17. The fraction of sp³-hybridized carbons (Fsp3) is 0.200. The van der Waals surface area contributed by atoms with Crippen LogP contribution in [-0.4, -0.2) is 29.9 Å². The molecule has 3 aromatic rings. The maximum Gasteiger partial charge on any atom is 0.246 e. The van der Waals surface area contributed by atoms with Gasteiger partial charge in [0.2, 0.25) is 5.95 Å². The maximum absolute atomic E-state index is 4.28. The van der Waals surface area contributed by atoms with Gasteiger partial charge in [-0.1, -0.05) is 0 Å². The van der Waals surface area contributed by atoms with E-state index < -0.39 is 0 Å². The third-order valence-electron chi connectivity index (χ3n) is 2.57. The molecule has 3 aromatic heterocycles. The van der Waals surface area contributed by atoms with Crippen LogP contribution in [-0.2, 0) is 7.05 Å². The molecule has 0 bridgehead atoms. The lowest BCUT2D eigenvalue weighted by Crippen LogP contribution is -1.96. The molecule has 0 radical (unpaired) electrons. The lowest BCUT2D eigenvalue weighted by atomic mass is 10.3. The van der Waals surface area contributed by atoms with Crippen LogP contribution in [0.2, 0.25) is 0 Å². The molecule has 0 spiro atoms. The molecule has 0 atom stereocenters. The molecule has 0 unspecified atom stereocenters. The fourth-order valence-electron chi connectivity index (χ4n) is 1.59. The molecular weight excluding hydrogens is 218 g/mol. The van der Waals surface area contributed by atoms with Crippen LogP contribution in [0.3, 0.4) is 0 Å². The first kappa shape index (κ1) is 9.76. The van der Waals surface area contributed by atoms with E-state index in [0.29, 0.717) is 5.95 Å². The summed E-state index contributed by atoms with van der Waals surface area (Å²) in [5.74, 6) is 1.41. The smallest absolute Gasteiger partial charge is 0.246 e. The number of hydrogen-bond donors (Lipinski definition) is 2. The van der Waals surface area contributed by atoms with Gasteiger partial charge in [0.05, 0.1) is 11.9 Å². The van der Waals surface area contributed by atoms with Crippen molar-refractivity contribution < 1.29 is 0 Å². The zero-order chi connectivity index (χ0) is 11.8. The van der Waals surface area contributed by atoms with Gasteiger partial charge in [0.1, 0.15) is 16.9 Å². The minimum atomic E-state index is 0.562. The molecule has 0 fully saturated rings. The summed E-state index contributed by atoms with van der Waals surface area (Å²) in [6.07, 6.45) is 3.40. The zero-order valence-corrected chi connectivity index (χ0v) is 9.47. The predicted molar refractivity (Wildman–Crippen MR) is 62.9 cm³/mol. The molecule has 86 valence electrons. The van der Waals surface area contributed by atoms with Gasteiger partial charge in [0.25, 0.3) is 0 Å². The number of pyridine rings is 1. The average molecular weight is 229 g/mol. The van der Waals surface area contributed by atoms with Crippen molar-refractivity contribution in [3.05, 3.63) is 24.3 Å². The fourth-order valence-corrected chi connectivity index (χ4v) is 1.59. The Balaban J connectivity index is 2.02. The van der Waals surface area contributed by atoms with E-state index in [1.54, 1.807) is 17.1 Å². The van der Waals surface area contributed by atoms with Crippen molar-refractivity contribution in [3.63, 3.8) is 0 Å². The lowest BCUT2D eigenvalue weighted by Gasteiger charge is -2.01. The van der Waals surface area contributed by atoms with Crippen LogP contribution in [0.25, 0.3) is 11.0 Å². The van der Waals surface area contributed by atoms with Gasteiger partial charge in [-0.3, -0.25) is 14.8 Å². The normalized spacial score (nSPS) is 10.9. The predicted octanol–water partition coefficient (Wildman–Crippen LogP) is 1.14. The highest BCUT2D eigenvalue weighted by Crippen LogP contribution is 2.20. The van der Waals surface area contributed by atoms with Crippen LogP contribution >= 0.6 is 0 Å². The molecular formula is C10H11N7. The topological polar surface area (TPSA) is 84.3 Å². The number of anilines is 2. The van der Waals surface area contributed by atoms with Crippen LogP contribution < -0.4 is 5.32 Å². The number of aryl methyl sites for hydroxylation is 2. The summed E-state index contributed by atoms with van der Waals surface area (Å²) in [4.78, 5) is 8.47. The van der Waals surface area contributed by atoms with E-state index in [2.05, 4.69) is 30.6 Å². The molecule has 7 nitrogen and oxygen atoms in total. The van der Waals surface area contributed by atoms with Crippen molar-refractivity contribution in [1.82, 2.24) is 29.9 Å². The van der Waals surface area contributed by atoms with Gasteiger partial charge in [-0.2, -0.15) is 10.1 Å². The molecule has 7 heteroatoms. The molecule has 2 N–H and O–H groups in total. The number of aromatic nitrogens is 6. The molecule has 0 aliphatic carbocycles. The maximum atomic E-state index is 4.28. The van der Waals surface area contributed by atoms with Gasteiger partial charge in [-0.15, -0.1) is 5.10 Å². The van der Waals surface area contributed by atoms with E-state index in [1.807, 2.05) is 20.0 Å². The summed E-state index contributed by atoms with van der Waals surface area (Å²) in [7, 11) is 1.85. The monoisotopic (exact) mass is 229 g/mol. The summed E-state index contributed by atoms with van der Waals surface area (Å²) in [5, 5.41) is 14.2. The molecule has 17 heavy (non-hydrogen) atoms. The van der Waals surface area contributed by atoms with E-state index in [0.717, 1.165) is 22.5 Å². The van der Waals surface area contributed by atoms with Crippen LogP contribution in [0, 0.1) is 6.92 Å². The highest BCUT2D eigenvalue weighted by Gasteiger charge is 2.07. The minimum absolute atomic E-state index is 0.562. The number of rotatable bonds is 2. The molecule has 3 rings (SSSR count). The molecule has 0 saturated carbocycles. The lowest BCUT2D eigenvalue weighted by molar-refractivity contribution is 0.736. The number of aromatic amines is 1. The van der Waals surface area contributed by atoms with Gasteiger partial charge in [-0.05, 0) is 13.0 Å². The Morgan fingerprint density at radius 3 is 3.06 bits per heavy atom. The van der Waals surface area contributed by atoms with Gasteiger partial charge in [-0.25, -0.2) is 0 Å². The summed E-state index contributed by atoms with van der Waals surface area (Å²) >= 11 is 0. The first-order chi connectivity index (χ1) is 8.24. The van der Waals surface area contributed by atoms with Crippen molar-refractivity contribution >= 4 is 22.7 Å². The molecule has 0 aliphatic heterocycles. The Bertz CT molecular complexity index is 647. The number of nitrogens with one attached hydrogen (secondary N) is 2. The number of H-pyrrole nitrogens is 1. The van der Waals surface area contributed by atoms with Crippen LogP contribution in [0.5, 0.6) is 0 Å². The van der Waals surface area contributed by atoms with Gasteiger partial charge in [0.15, 0.2) is 0 Å². The molecule has 0 saturated heterocycles. The van der Waals surface area contributed by atoms with Crippen molar-refractivity contribution in [2.45, 2.75) is 6.92 Å². The molecule has 3 heterocycles. The zero-order valence-electron chi connectivity index (χ0n) is 9.47. The Hall–Kier alpha value is -2.44. The quantitative estimate of drug-likeness (QED) is 0.688. The standard InChI is InChI=1S/C10H11N7/c1-6-13-10(16-17(6)2)14-7-3-4-11-8-5-12-15-9(7)8/h3-5H,1-2H3,(H,12,15)(H,11,14,16). The van der Waals surface area contributed by atoms with Crippen molar-refractivity contribution in [2.24, 2.45) is 7.05 Å². The number of nitrogens with zero attached hydrogens (tertiary/aromatic N) is 5. The van der Waals surface area contributed by atoms with E-state index in [-0.39, 0.29) is 0 Å². The Kier molecular flexibility index (Phi) is 2.04. The highest BCUT2D eigenvalue weighted by molar-refractivity contribution is 5.88. The average Bonchev–Trinajstić information content (AvgIpc) is 2.87. The van der Waals surface area contributed by atoms with E-state index in [9.17, 15) is 0 Å². The first-order valence-corrected chi connectivity index (χ1v) is 5.17. The summed E-state index contributed by atoms with van der Waals surface area (Å²) in [5.41, 5.74) is 2.51. The van der Waals surface area contributed by atoms with Crippen LogP contribution in [0.15, 0.2) is 18.5 Å². The Labute approximate surface area is 96.9 Å². The van der Waals surface area contributed by atoms with Gasteiger partial charge < -0.3 is 5.32 Å². The van der Waals surface area contributed by atoms with E-state index >= 15 is 0 Å². The van der Waals surface area contributed by atoms with Gasteiger partial charge in [0, 0.05) is 13.2 Å². The van der Waals surface area contributed by atoms with Crippen molar-refractivity contribution in [2.75, 3.05) is 5.32 Å². The summed E-state index contributed by atoms with van der Waals surface area (Å²) in [6.45, 7) is 1.90. The highest BCUT2D eigenvalue weighted by atomic mass is 15.4. The number of hydrogen-bond acceptors (Lipinski definition) is 5. The van der Waals surface area contributed by atoms with Crippen LogP contribution in [0.4, 0.5) is 11.6 Å². The van der Waals surface area contributed by atoms with Crippen LogP contribution in [0.1, 0.15) is 5.82 Å². The Morgan fingerprint density at radius 2 is 2.29 bits per heavy atom. The number of fused-ring (bicyclic) bond motifs is 1. The summed E-state index contributed by atoms with van der Waals surface area (Å²) in [6, 6.07) is 1.85. The van der Waals surface area contributed by atoms with E-state index in [1.165, 1.54) is 0 Å². The molecule has 0 aromatic carbocycles. The summed E-state index contributed by atoms with van der Waals surface area (Å²) < 4.78 is 1.72. The SMILES string of the molecule is Cc1nc(Nc2ccnc3cn[nH]c23)nn1C. The third kappa shape index (κ3) is 1.61. The van der Waals surface area contributed by atoms with Crippen molar-refractivity contribution in [1.29, 1.82) is 0 Å². The second-order valence-corrected chi connectivity index (χ2v) is 3.72. The second-order valence-electron chi connectivity index (χ2n) is 3.72. The Morgan fingerprint density at radius 1 is 1.41 bits per heavy atom. The molecule has 0 amide bonds. The third-order valence-corrected chi connectivity index (χ3v) is 2.57. The van der Waals surface area contributed by atoms with E-state index in [4.69, 9.17) is 0 Å². The van der Waals surface area contributed by atoms with Crippen molar-refractivity contribution in [3.8, 4) is 0 Å².